The summed E-state index contributed by atoms with van der Waals surface area (Å²) in [4.78, 5) is 0. The van der Waals surface area contributed by atoms with Crippen LogP contribution in [0.4, 0.5) is 0 Å². The van der Waals surface area contributed by atoms with E-state index < -0.39 is 0 Å². The fourth-order valence-electron chi connectivity index (χ4n) is 1.09. The molecule has 1 rings (SSSR count). The van der Waals surface area contributed by atoms with E-state index in [9.17, 15) is 0 Å². The van der Waals surface area contributed by atoms with Crippen molar-refractivity contribution in [3.05, 3.63) is 33.8 Å². The van der Waals surface area contributed by atoms with Gasteiger partial charge in [0.25, 0.3) is 0 Å². The Morgan fingerprint density at radius 3 is 2.36 bits per heavy atom. The van der Waals surface area contributed by atoms with Gasteiger partial charge in [-0.2, -0.15) is 0 Å². The highest BCUT2D eigenvalue weighted by Gasteiger charge is 1.99. The van der Waals surface area contributed by atoms with Crippen LogP contribution in [-0.4, -0.2) is 0 Å². The number of benzene rings is 1. The average Bonchev–Trinajstić information content (AvgIpc) is 2.20. The first-order valence-electron chi connectivity index (χ1n) is 4.51. The molecule has 0 fully saturated rings. The van der Waals surface area contributed by atoms with Crippen LogP contribution in [0.15, 0.2) is 18.2 Å². The van der Waals surface area contributed by atoms with Crippen molar-refractivity contribution >= 4 is 23.2 Å². The lowest BCUT2D eigenvalue weighted by Crippen LogP contribution is -1.85. The predicted octanol–water partition coefficient (Wildman–Crippen LogP) is 4.59. The minimum absolute atomic E-state index is 0.709. The van der Waals surface area contributed by atoms with Crippen molar-refractivity contribution in [2.24, 2.45) is 0 Å². The zero-order valence-corrected chi connectivity index (χ0v) is 9.78. The van der Waals surface area contributed by atoms with Gasteiger partial charge in [0.15, 0.2) is 0 Å². The van der Waals surface area contributed by atoms with Crippen molar-refractivity contribution in [2.45, 2.75) is 26.2 Å². The molecule has 0 nitrogen and oxygen atoms in total. The van der Waals surface area contributed by atoms with Crippen LogP contribution in [0.3, 0.4) is 0 Å². The Morgan fingerprint density at radius 1 is 1.21 bits per heavy atom. The van der Waals surface area contributed by atoms with E-state index in [4.69, 9.17) is 23.2 Å². The molecule has 0 aliphatic heterocycles. The Hall–Kier alpha value is -0.640. The normalized spacial score (nSPS) is 8.93. The first-order valence-corrected chi connectivity index (χ1v) is 5.27. The number of aryl methyl sites for hydroxylation is 1. The molecule has 0 aliphatic carbocycles. The third-order valence-corrected chi connectivity index (χ3v) is 2.40. The van der Waals surface area contributed by atoms with Crippen molar-refractivity contribution in [3.8, 4) is 12.8 Å². The number of hydrogen-bond donors (Lipinski definition) is 0. The lowest BCUT2D eigenvalue weighted by molar-refractivity contribution is 0.795. The molecule has 0 saturated heterocycles. The monoisotopic (exact) mass is 228 g/mol. The molecule has 0 aliphatic rings. The summed E-state index contributed by atoms with van der Waals surface area (Å²) in [5.41, 5.74) is 1.20. The zero-order valence-electron chi connectivity index (χ0n) is 8.26. The maximum absolute atomic E-state index is 5.98. The van der Waals surface area contributed by atoms with E-state index in [0.717, 1.165) is 11.4 Å². The fraction of sp³-hybridized carbons (Fsp3) is 0.333. The minimum Gasteiger partial charge on any atom is -0.124 e. The largest absolute Gasteiger partial charge is 0.124 e. The summed E-state index contributed by atoms with van der Waals surface area (Å²) in [6.45, 7) is 2.17. The summed E-state index contributed by atoms with van der Waals surface area (Å²) in [5, 5.41) is 1.50. The number of hydrogen-bond acceptors (Lipinski definition) is 0. The van der Waals surface area contributed by atoms with Crippen molar-refractivity contribution in [3.63, 3.8) is 0 Å². The van der Waals surface area contributed by atoms with Crippen molar-refractivity contribution < 1.29 is 0 Å². The molecule has 1 aromatic carbocycles. The van der Waals surface area contributed by atoms with E-state index >= 15 is 0 Å². The fourth-order valence-corrected chi connectivity index (χ4v) is 1.59. The van der Waals surface area contributed by atoms with Crippen LogP contribution in [0.1, 0.15) is 25.3 Å². The highest BCUT2D eigenvalue weighted by Crippen LogP contribution is 2.22. The van der Waals surface area contributed by atoms with Gasteiger partial charge >= 0.3 is 0 Å². The van der Waals surface area contributed by atoms with Gasteiger partial charge in [0, 0.05) is 10.0 Å². The van der Waals surface area contributed by atoms with E-state index in [2.05, 4.69) is 19.8 Å². The van der Waals surface area contributed by atoms with Crippen molar-refractivity contribution in [2.75, 3.05) is 0 Å². The quantitative estimate of drug-likeness (QED) is 0.665. The van der Waals surface area contributed by atoms with E-state index in [1.165, 1.54) is 18.4 Å². The second kappa shape index (κ2) is 7.74. The lowest BCUT2D eigenvalue weighted by atomic mass is 10.1. The second-order valence-corrected chi connectivity index (χ2v) is 3.68. The number of terminal acetylenes is 1. The third-order valence-electron chi connectivity index (χ3n) is 1.81. The average molecular weight is 229 g/mol. The van der Waals surface area contributed by atoms with Crippen LogP contribution in [0, 0.1) is 12.8 Å². The van der Waals surface area contributed by atoms with Gasteiger partial charge in [-0.25, -0.2) is 0 Å². The van der Waals surface area contributed by atoms with Gasteiger partial charge in [-0.1, -0.05) is 42.6 Å². The van der Waals surface area contributed by atoms with Crippen LogP contribution in [0.5, 0.6) is 0 Å². The number of halogens is 2. The van der Waals surface area contributed by atoms with Gasteiger partial charge in [-0.3, -0.25) is 0 Å². The first kappa shape index (κ1) is 13.4. The van der Waals surface area contributed by atoms with Crippen LogP contribution >= 0.6 is 23.2 Å². The smallest absolute Gasteiger partial charge is 0.0452 e. The summed E-state index contributed by atoms with van der Waals surface area (Å²) >= 11 is 11.7. The lowest BCUT2D eigenvalue weighted by Gasteiger charge is -2.02. The molecule has 0 amide bonds. The first-order chi connectivity index (χ1) is 6.74. The van der Waals surface area contributed by atoms with E-state index in [1.807, 2.05) is 12.1 Å². The van der Waals surface area contributed by atoms with E-state index in [-0.39, 0.29) is 0 Å². The molecule has 0 unspecified atom stereocenters. The SMILES string of the molecule is C#C.CCCCc1ccc(Cl)cc1Cl. The molecule has 76 valence electrons. The Balaban J connectivity index is 0.000000791. The standard InChI is InChI=1S/C10H12Cl2.C2H2/c1-2-3-4-8-5-6-9(11)7-10(8)12;1-2/h5-7H,2-4H2,1H3;1-2H. The summed E-state index contributed by atoms with van der Waals surface area (Å²) in [5.74, 6) is 0. The maximum Gasteiger partial charge on any atom is 0.0452 e. The van der Waals surface area contributed by atoms with Crippen LogP contribution in [0.25, 0.3) is 0 Å². The highest BCUT2D eigenvalue weighted by molar-refractivity contribution is 6.35. The molecule has 14 heavy (non-hydrogen) atoms. The molecular formula is C12H14Cl2. The van der Waals surface area contributed by atoms with Gasteiger partial charge in [-0.05, 0) is 30.5 Å². The van der Waals surface area contributed by atoms with Gasteiger partial charge < -0.3 is 0 Å². The van der Waals surface area contributed by atoms with Gasteiger partial charge in [0.05, 0.1) is 0 Å². The van der Waals surface area contributed by atoms with E-state index in [0.29, 0.717) is 5.02 Å². The van der Waals surface area contributed by atoms with Crippen molar-refractivity contribution in [1.29, 1.82) is 0 Å². The third kappa shape index (κ3) is 4.56. The van der Waals surface area contributed by atoms with Gasteiger partial charge in [0.2, 0.25) is 0 Å². The molecule has 0 heterocycles. The Bertz CT molecular complexity index is 290. The second-order valence-electron chi connectivity index (χ2n) is 2.84. The molecular weight excluding hydrogens is 215 g/mol. The summed E-state index contributed by atoms with van der Waals surface area (Å²) in [6.07, 6.45) is 11.4. The highest BCUT2D eigenvalue weighted by atomic mass is 35.5. The van der Waals surface area contributed by atoms with Gasteiger partial charge in [-0.15, -0.1) is 12.8 Å². The molecule has 0 spiro atoms. The minimum atomic E-state index is 0.709. The van der Waals surface area contributed by atoms with Crippen LogP contribution in [0.2, 0.25) is 10.0 Å². The molecule has 0 aromatic heterocycles. The summed E-state index contributed by atoms with van der Waals surface area (Å²) in [6, 6.07) is 5.69. The molecule has 2 heteroatoms. The van der Waals surface area contributed by atoms with E-state index in [1.54, 1.807) is 6.07 Å². The van der Waals surface area contributed by atoms with Gasteiger partial charge in [0.1, 0.15) is 0 Å². The zero-order chi connectivity index (χ0) is 11.0. The molecule has 0 N–H and O–H groups in total. The predicted molar refractivity (Wildman–Crippen MR) is 65.0 cm³/mol. The topological polar surface area (TPSA) is 0 Å². The number of unbranched alkanes of at least 4 members (excludes halogenated alkanes) is 1. The van der Waals surface area contributed by atoms with Crippen LogP contribution < -0.4 is 0 Å². The number of rotatable bonds is 3. The Labute approximate surface area is 96.2 Å². The van der Waals surface area contributed by atoms with Crippen molar-refractivity contribution in [1.82, 2.24) is 0 Å². The maximum atomic E-state index is 5.98. The molecule has 1 aromatic rings. The Morgan fingerprint density at radius 2 is 1.86 bits per heavy atom. The molecule has 0 atom stereocenters. The summed E-state index contributed by atoms with van der Waals surface area (Å²) in [7, 11) is 0. The molecule has 0 saturated carbocycles. The molecule has 0 radical (unpaired) electrons. The Kier molecular flexibility index (Phi) is 7.38. The van der Waals surface area contributed by atoms with Crippen LogP contribution in [-0.2, 0) is 6.42 Å². The molecule has 0 bridgehead atoms. The summed E-state index contributed by atoms with van der Waals surface area (Å²) < 4.78 is 0.